The fourth-order valence-corrected chi connectivity index (χ4v) is 4.29. The van der Waals surface area contributed by atoms with E-state index in [-0.39, 0.29) is 0 Å². The molecule has 0 N–H and O–H groups in total. The number of hydrogen-bond donors (Lipinski definition) is 0. The molecule has 0 unspecified atom stereocenters. The molecule has 0 bridgehead atoms. The molecule has 162 valence electrons. The predicted octanol–water partition coefficient (Wildman–Crippen LogP) is 7.94. The lowest BCUT2D eigenvalue weighted by Gasteiger charge is -2.06. The Hall–Kier alpha value is -1.57. The molecule has 1 aromatic heterocycles. The summed E-state index contributed by atoms with van der Waals surface area (Å²) in [6.07, 6.45) is 24.1. The Morgan fingerprint density at radius 3 is 1.76 bits per heavy atom. The van der Waals surface area contributed by atoms with Crippen molar-refractivity contribution in [2.24, 2.45) is 0 Å². The van der Waals surface area contributed by atoms with Crippen LogP contribution < -0.4 is 4.57 Å². The highest BCUT2D eigenvalue weighted by atomic mass is 15.1. The number of nitrogens with zero attached hydrogens (tertiary/aromatic N) is 2. The topological polar surface area (TPSA) is 8.81 Å². The van der Waals surface area contributed by atoms with Crippen molar-refractivity contribution in [2.45, 2.75) is 117 Å². The molecular formula is C27H45N2+. The first-order valence-corrected chi connectivity index (χ1v) is 12.5. The zero-order valence-corrected chi connectivity index (χ0v) is 19.2. The van der Waals surface area contributed by atoms with Crippen molar-refractivity contribution in [3.63, 3.8) is 0 Å². The van der Waals surface area contributed by atoms with Gasteiger partial charge in [0.1, 0.15) is 12.4 Å². The smallest absolute Gasteiger partial charge is 0.230 e. The van der Waals surface area contributed by atoms with Crippen molar-refractivity contribution in [3.05, 3.63) is 42.7 Å². The number of aromatic nitrogens is 2. The zero-order chi connectivity index (χ0) is 20.6. The average Bonchev–Trinajstić information content (AvgIpc) is 3.15. The Morgan fingerprint density at radius 2 is 1.21 bits per heavy atom. The molecule has 1 aromatic carbocycles. The number of benzene rings is 1. The molecular weight excluding hydrogens is 352 g/mol. The van der Waals surface area contributed by atoms with Gasteiger partial charge in [-0.15, -0.1) is 0 Å². The van der Waals surface area contributed by atoms with Crippen LogP contribution in [0.15, 0.2) is 42.7 Å². The second kappa shape index (κ2) is 15.3. The van der Waals surface area contributed by atoms with Gasteiger partial charge in [-0.2, -0.15) is 0 Å². The van der Waals surface area contributed by atoms with Crippen molar-refractivity contribution >= 4 is 0 Å². The van der Waals surface area contributed by atoms with Crippen LogP contribution in [0.25, 0.3) is 11.4 Å². The Bertz CT molecular complexity index is 629. The van der Waals surface area contributed by atoms with Crippen LogP contribution in [0.5, 0.6) is 0 Å². The van der Waals surface area contributed by atoms with Gasteiger partial charge in [0, 0.05) is 0 Å². The van der Waals surface area contributed by atoms with Crippen LogP contribution in [0, 0.1) is 0 Å². The third-order valence-electron chi connectivity index (χ3n) is 5.97. The third kappa shape index (κ3) is 9.19. The van der Waals surface area contributed by atoms with Gasteiger partial charge in [0.25, 0.3) is 5.82 Å². The largest absolute Gasteiger partial charge is 0.288 e. The fraction of sp³-hybridized carbons (Fsp3) is 0.667. The van der Waals surface area contributed by atoms with E-state index in [9.17, 15) is 0 Å². The Labute approximate surface area is 180 Å². The van der Waals surface area contributed by atoms with E-state index >= 15 is 0 Å². The van der Waals surface area contributed by atoms with Gasteiger partial charge in [-0.3, -0.25) is 0 Å². The molecule has 0 atom stereocenters. The first kappa shape index (κ1) is 23.7. The standard InChI is InChI=1S/C27H45N2/c1-3-5-6-7-8-9-10-11-12-13-14-15-19-23-29-25-24-28(22-4-2)27(29)26-20-17-16-18-21-26/h16-18,20-21,24-25H,3-15,19,22-23H2,1-2H3/q+1. The van der Waals surface area contributed by atoms with Crippen LogP contribution >= 0.6 is 0 Å². The number of rotatable bonds is 17. The monoisotopic (exact) mass is 397 g/mol. The van der Waals surface area contributed by atoms with Crippen LogP contribution in [0.1, 0.15) is 104 Å². The highest BCUT2D eigenvalue weighted by Gasteiger charge is 2.18. The van der Waals surface area contributed by atoms with E-state index in [4.69, 9.17) is 0 Å². The molecule has 0 aliphatic heterocycles. The molecule has 0 radical (unpaired) electrons. The summed E-state index contributed by atoms with van der Waals surface area (Å²) in [6, 6.07) is 10.9. The van der Waals surface area contributed by atoms with E-state index in [2.05, 4.69) is 65.7 Å². The maximum Gasteiger partial charge on any atom is 0.288 e. The quantitative estimate of drug-likeness (QED) is 0.189. The Morgan fingerprint density at radius 1 is 0.655 bits per heavy atom. The van der Waals surface area contributed by atoms with E-state index in [1.807, 2.05) is 0 Å². The molecule has 29 heavy (non-hydrogen) atoms. The molecule has 2 nitrogen and oxygen atoms in total. The van der Waals surface area contributed by atoms with Crippen LogP contribution in [0.3, 0.4) is 0 Å². The van der Waals surface area contributed by atoms with Gasteiger partial charge in [-0.05, 0) is 31.4 Å². The second-order valence-corrected chi connectivity index (χ2v) is 8.62. The first-order valence-electron chi connectivity index (χ1n) is 12.5. The summed E-state index contributed by atoms with van der Waals surface area (Å²) in [5.74, 6) is 1.37. The second-order valence-electron chi connectivity index (χ2n) is 8.62. The minimum absolute atomic E-state index is 1.09. The summed E-state index contributed by atoms with van der Waals surface area (Å²) < 4.78 is 4.88. The molecule has 1 heterocycles. The van der Waals surface area contributed by atoms with Gasteiger partial charge in [0.15, 0.2) is 0 Å². The molecule has 0 saturated carbocycles. The predicted molar refractivity (Wildman–Crippen MR) is 126 cm³/mol. The van der Waals surface area contributed by atoms with E-state index in [1.54, 1.807) is 0 Å². The van der Waals surface area contributed by atoms with Crippen molar-refractivity contribution in [3.8, 4) is 11.4 Å². The van der Waals surface area contributed by atoms with Crippen LogP contribution in [0.2, 0.25) is 0 Å². The van der Waals surface area contributed by atoms with Gasteiger partial charge in [0.05, 0.1) is 18.7 Å². The highest BCUT2D eigenvalue weighted by molar-refractivity contribution is 5.52. The zero-order valence-electron chi connectivity index (χ0n) is 19.2. The minimum Gasteiger partial charge on any atom is -0.230 e. The summed E-state index contributed by atoms with van der Waals surface area (Å²) in [7, 11) is 0. The Kier molecular flexibility index (Phi) is 12.5. The summed E-state index contributed by atoms with van der Waals surface area (Å²) in [6.45, 7) is 6.78. The van der Waals surface area contributed by atoms with Crippen molar-refractivity contribution in [1.29, 1.82) is 0 Å². The SMILES string of the molecule is CCCCCCCCCCCCCCCn1cc[n+](CCC)c1-c1ccccc1. The maximum atomic E-state index is 2.46. The van der Waals surface area contributed by atoms with Gasteiger partial charge >= 0.3 is 0 Å². The Balaban J connectivity index is 1.60. The van der Waals surface area contributed by atoms with Gasteiger partial charge in [0.2, 0.25) is 0 Å². The minimum atomic E-state index is 1.09. The van der Waals surface area contributed by atoms with E-state index < -0.39 is 0 Å². The number of unbranched alkanes of at least 4 members (excludes halogenated alkanes) is 12. The summed E-state index contributed by atoms with van der Waals surface area (Å²) >= 11 is 0. The van der Waals surface area contributed by atoms with Crippen molar-refractivity contribution in [1.82, 2.24) is 4.57 Å². The van der Waals surface area contributed by atoms with Crippen LogP contribution in [0.4, 0.5) is 0 Å². The fourth-order valence-electron chi connectivity index (χ4n) is 4.29. The first-order chi connectivity index (χ1) is 14.4. The summed E-state index contributed by atoms with van der Waals surface area (Å²) in [4.78, 5) is 0. The van der Waals surface area contributed by atoms with Crippen LogP contribution in [-0.4, -0.2) is 4.57 Å². The van der Waals surface area contributed by atoms with Crippen LogP contribution in [-0.2, 0) is 13.1 Å². The molecule has 0 spiro atoms. The average molecular weight is 398 g/mol. The van der Waals surface area contributed by atoms with Crippen molar-refractivity contribution < 1.29 is 4.57 Å². The highest BCUT2D eigenvalue weighted by Crippen LogP contribution is 2.17. The number of hydrogen-bond acceptors (Lipinski definition) is 0. The van der Waals surface area contributed by atoms with Gasteiger partial charge in [-0.1, -0.05) is 103 Å². The van der Waals surface area contributed by atoms with E-state index in [1.165, 1.54) is 101 Å². The third-order valence-corrected chi connectivity index (χ3v) is 5.97. The molecule has 0 fully saturated rings. The lowest BCUT2D eigenvalue weighted by atomic mass is 10.0. The lowest BCUT2D eigenvalue weighted by Crippen LogP contribution is -2.34. The van der Waals surface area contributed by atoms with E-state index in [0.29, 0.717) is 0 Å². The molecule has 2 aromatic rings. The lowest BCUT2D eigenvalue weighted by molar-refractivity contribution is -0.685. The molecule has 0 amide bonds. The maximum absolute atomic E-state index is 2.46. The normalized spacial score (nSPS) is 11.2. The molecule has 0 aliphatic carbocycles. The number of imidazole rings is 1. The molecule has 2 heteroatoms. The number of aryl methyl sites for hydroxylation is 2. The van der Waals surface area contributed by atoms with Crippen molar-refractivity contribution in [2.75, 3.05) is 0 Å². The van der Waals surface area contributed by atoms with Gasteiger partial charge < -0.3 is 0 Å². The van der Waals surface area contributed by atoms with E-state index in [0.717, 1.165) is 13.1 Å². The summed E-state index contributed by atoms with van der Waals surface area (Å²) in [5.41, 5.74) is 1.33. The molecule has 2 rings (SSSR count). The summed E-state index contributed by atoms with van der Waals surface area (Å²) in [5, 5.41) is 0. The van der Waals surface area contributed by atoms with Gasteiger partial charge in [-0.25, -0.2) is 9.13 Å². The molecule has 0 aliphatic rings. The molecule has 0 saturated heterocycles.